The van der Waals surface area contributed by atoms with Gasteiger partial charge in [-0.2, -0.15) is 0 Å². The summed E-state index contributed by atoms with van der Waals surface area (Å²) in [7, 11) is 0. The molecule has 21 heavy (non-hydrogen) atoms. The van der Waals surface area contributed by atoms with Crippen LogP contribution in [0.25, 0.3) is 21.9 Å². The Morgan fingerprint density at radius 1 is 1.05 bits per heavy atom. The minimum Gasteiger partial charge on any atom is -0.456 e. The first-order valence-corrected chi connectivity index (χ1v) is 7.89. The van der Waals surface area contributed by atoms with Crippen LogP contribution in [0.2, 0.25) is 0 Å². The van der Waals surface area contributed by atoms with Crippen molar-refractivity contribution in [2.75, 3.05) is 13.2 Å². The molecule has 3 aromatic rings. The van der Waals surface area contributed by atoms with Crippen LogP contribution in [-0.2, 0) is 4.74 Å². The fraction of sp³-hybridized carbons (Fsp3) is 0.333. The van der Waals surface area contributed by atoms with Crippen molar-refractivity contribution in [2.24, 2.45) is 5.92 Å². The molecule has 0 bridgehead atoms. The second-order valence-electron chi connectivity index (χ2n) is 5.73. The molecule has 0 saturated carbocycles. The van der Waals surface area contributed by atoms with E-state index in [1.807, 2.05) is 24.3 Å². The molecular weight excluding hydrogens is 284 g/mol. The first-order chi connectivity index (χ1) is 10.3. The predicted molar refractivity (Wildman–Crippen MR) is 85.9 cm³/mol. The lowest BCUT2D eigenvalue weighted by Crippen LogP contribution is -2.21. The molecule has 2 unspecified atom stereocenters. The van der Waals surface area contributed by atoms with Crippen LogP contribution in [0.5, 0.6) is 0 Å². The third-order valence-corrected chi connectivity index (χ3v) is 4.94. The molecule has 4 rings (SSSR count). The third-order valence-electron chi connectivity index (χ3n) is 4.33. The molecule has 0 N–H and O–H groups in total. The Hall–Kier alpha value is -1.51. The highest BCUT2D eigenvalue weighted by atomic mass is 35.5. The molecule has 1 fully saturated rings. The fourth-order valence-corrected chi connectivity index (χ4v) is 3.52. The summed E-state index contributed by atoms with van der Waals surface area (Å²) in [5.41, 5.74) is 3.01. The summed E-state index contributed by atoms with van der Waals surface area (Å²) in [5.74, 6) is 0.399. The van der Waals surface area contributed by atoms with E-state index in [9.17, 15) is 0 Å². The zero-order valence-electron chi connectivity index (χ0n) is 11.7. The van der Waals surface area contributed by atoms with Crippen molar-refractivity contribution in [2.45, 2.75) is 18.2 Å². The zero-order chi connectivity index (χ0) is 14.2. The first-order valence-electron chi connectivity index (χ1n) is 7.46. The molecule has 0 radical (unpaired) electrons. The summed E-state index contributed by atoms with van der Waals surface area (Å²) in [4.78, 5) is 0. The summed E-state index contributed by atoms with van der Waals surface area (Å²) < 4.78 is 11.4. The molecule has 2 heterocycles. The second kappa shape index (κ2) is 5.36. The van der Waals surface area contributed by atoms with Gasteiger partial charge in [-0.25, -0.2) is 0 Å². The third kappa shape index (κ3) is 2.33. The van der Waals surface area contributed by atoms with E-state index in [0.29, 0.717) is 5.92 Å². The molecule has 3 heteroatoms. The lowest BCUT2D eigenvalue weighted by Gasteiger charge is -2.26. The Labute approximate surface area is 128 Å². The Morgan fingerprint density at radius 2 is 1.90 bits per heavy atom. The molecule has 1 saturated heterocycles. The van der Waals surface area contributed by atoms with Gasteiger partial charge in [0.05, 0.1) is 12.0 Å². The van der Waals surface area contributed by atoms with Crippen LogP contribution in [0.4, 0.5) is 0 Å². The summed E-state index contributed by atoms with van der Waals surface area (Å²) in [6, 6.07) is 14.4. The van der Waals surface area contributed by atoms with E-state index in [4.69, 9.17) is 20.8 Å². The van der Waals surface area contributed by atoms with E-state index in [1.54, 1.807) is 0 Å². The second-order valence-corrected chi connectivity index (χ2v) is 6.20. The number of fused-ring (bicyclic) bond motifs is 3. The van der Waals surface area contributed by atoms with Crippen molar-refractivity contribution in [1.29, 1.82) is 0 Å². The Bertz CT molecular complexity index is 771. The number of halogens is 1. The van der Waals surface area contributed by atoms with Crippen molar-refractivity contribution < 1.29 is 9.15 Å². The minimum absolute atomic E-state index is 0.00311. The topological polar surface area (TPSA) is 22.4 Å². The standard InChI is InChI=1S/C18H17ClO2/c19-18(13-4-3-9-20-11-13)12-7-8-17-15(10-12)14-5-1-2-6-16(14)21-17/h1-2,5-8,10,13,18H,3-4,9,11H2. The van der Waals surface area contributed by atoms with E-state index < -0.39 is 0 Å². The minimum atomic E-state index is 0.00311. The normalized spacial score (nSPS) is 20.9. The summed E-state index contributed by atoms with van der Waals surface area (Å²) in [5, 5.41) is 2.30. The lowest BCUT2D eigenvalue weighted by molar-refractivity contribution is 0.0531. The molecule has 0 aliphatic carbocycles. The quantitative estimate of drug-likeness (QED) is 0.600. The summed E-state index contributed by atoms with van der Waals surface area (Å²) >= 11 is 6.69. The van der Waals surface area contributed by atoms with E-state index in [2.05, 4.69) is 18.2 Å². The Balaban J connectivity index is 1.76. The highest BCUT2D eigenvalue weighted by Crippen LogP contribution is 2.37. The Morgan fingerprint density at radius 3 is 2.76 bits per heavy atom. The van der Waals surface area contributed by atoms with E-state index in [0.717, 1.165) is 53.6 Å². The maximum absolute atomic E-state index is 6.69. The lowest BCUT2D eigenvalue weighted by atomic mass is 9.93. The molecule has 0 spiro atoms. The predicted octanol–water partition coefficient (Wildman–Crippen LogP) is 5.29. The van der Waals surface area contributed by atoms with Gasteiger partial charge < -0.3 is 9.15 Å². The summed E-state index contributed by atoms with van der Waals surface area (Å²) in [6.45, 7) is 1.63. The van der Waals surface area contributed by atoms with Crippen LogP contribution in [0.3, 0.4) is 0 Å². The maximum atomic E-state index is 6.69. The first kappa shape index (κ1) is 13.2. The van der Waals surface area contributed by atoms with Crippen molar-refractivity contribution in [3.05, 3.63) is 48.0 Å². The number of rotatable bonds is 2. The molecule has 2 atom stereocenters. The Kier molecular flexibility index (Phi) is 3.36. The van der Waals surface area contributed by atoms with Gasteiger partial charge in [0.15, 0.2) is 0 Å². The number of alkyl halides is 1. The van der Waals surface area contributed by atoms with Crippen LogP contribution in [0.1, 0.15) is 23.8 Å². The molecular formula is C18H17ClO2. The average molecular weight is 301 g/mol. The zero-order valence-corrected chi connectivity index (χ0v) is 12.5. The van der Waals surface area contributed by atoms with Gasteiger partial charge in [0.1, 0.15) is 11.2 Å². The van der Waals surface area contributed by atoms with Crippen LogP contribution in [0, 0.1) is 5.92 Å². The van der Waals surface area contributed by atoms with Gasteiger partial charge in [0.2, 0.25) is 0 Å². The van der Waals surface area contributed by atoms with Gasteiger partial charge in [-0.05, 0) is 36.6 Å². The number of benzene rings is 2. The highest BCUT2D eigenvalue weighted by molar-refractivity contribution is 6.21. The van der Waals surface area contributed by atoms with E-state index in [1.165, 1.54) is 0 Å². The molecule has 2 nitrogen and oxygen atoms in total. The smallest absolute Gasteiger partial charge is 0.135 e. The van der Waals surface area contributed by atoms with Gasteiger partial charge in [-0.15, -0.1) is 11.6 Å². The highest BCUT2D eigenvalue weighted by Gasteiger charge is 2.24. The van der Waals surface area contributed by atoms with Crippen molar-refractivity contribution >= 4 is 33.5 Å². The van der Waals surface area contributed by atoms with Crippen molar-refractivity contribution in [1.82, 2.24) is 0 Å². The largest absolute Gasteiger partial charge is 0.456 e. The van der Waals surface area contributed by atoms with E-state index >= 15 is 0 Å². The molecule has 1 aromatic heterocycles. The van der Waals surface area contributed by atoms with Gasteiger partial charge in [-0.1, -0.05) is 24.3 Å². The summed E-state index contributed by atoms with van der Waals surface area (Å²) in [6.07, 6.45) is 2.24. The number of furan rings is 1. The van der Waals surface area contributed by atoms with Crippen LogP contribution in [-0.4, -0.2) is 13.2 Å². The van der Waals surface area contributed by atoms with Crippen LogP contribution < -0.4 is 0 Å². The fourth-order valence-electron chi connectivity index (χ4n) is 3.18. The monoisotopic (exact) mass is 300 g/mol. The van der Waals surface area contributed by atoms with Gasteiger partial charge in [0.25, 0.3) is 0 Å². The van der Waals surface area contributed by atoms with Crippen molar-refractivity contribution in [3.8, 4) is 0 Å². The van der Waals surface area contributed by atoms with Crippen LogP contribution in [0.15, 0.2) is 46.9 Å². The van der Waals surface area contributed by atoms with Crippen LogP contribution >= 0.6 is 11.6 Å². The molecule has 1 aliphatic heterocycles. The number of para-hydroxylation sites is 1. The molecule has 0 amide bonds. The molecule has 1 aliphatic rings. The van der Waals surface area contributed by atoms with Gasteiger partial charge in [-0.3, -0.25) is 0 Å². The van der Waals surface area contributed by atoms with Gasteiger partial charge >= 0.3 is 0 Å². The number of hydrogen-bond donors (Lipinski definition) is 0. The van der Waals surface area contributed by atoms with Gasteiger partial charge in [0, 0.05) is 23.3 Å². The maximum Gasteiger partial charge on any atom is 0.135 e. The number of ether oxygens (including phenoxy) is 1. The SMILES string of the molecule is ClC(c1ccc2oc3ccccc3c2c1)C1CCCOC1. The van der Waals surface area contributed by atoms with Crippen molar-refractivity contribution in [3.63, 3.8) is 0 Å². The molecule has 2 aromatic carbocycles. The molecule has 108 valence electrons. The van der Waals surface area contributed by atoms with E-state index in [-0.39, 0.29) is 5.38 Å². The number of hydrogen-bond acceptors (Lipinski definition) is 2. The average Bonchev–Trinajstić information content (AvgIpc) is 2.93.